The molecular weight excluding hydrogens is 354 g/mol. The molecule has 0 rings (SSSR count). The summed E-state index contributed by atoms with van der Waals surface area (Å²) >= 11 is 0. The Hall–Kier alpha value is -1.21. The van der Waals surface area contributed by atoms with E-state index in [0.29, 0.717) is 0 Å². The highest BCUT2D eigenvalue weighted by Gasteiger charge is 2.69. The number of aliphatic hydroxyl groups is 1. The summed E-state index contributed by atoms with van der Waals surface area (Å²) in [6, 6.07) is -4.51. The zero-order chi connectivity index (χ0) is 18.2. The van der Waals surface area contributed by atoms with Crippen LogP contribution in [0.1, 0.15) is 6.42 Å². The first-order valence-electron chi connectivity index (χ1n) is 4.85. The van der Waals surface area contributed by atoms with Gasteiger partial charge in [0.1, 0.15) is 0 Å². The number of nitrogens with zero attached hydrogens (tertiary/aromatic N) is 1. The van der Waals surface area contributed by atoms with Crippen LogP contribution in [0.3, 0.4) is 0 Å². The lowest BCUT2D eigenvalue weighted by Crippen LogP contribution is -2.57. The molecule has 0 amide bonds. The summed E-state index contributed by atoms with van der Waals surface area (Å²) in [5.41, 5.74) is -5.52. The van der Waals surface area contributed by atoms with Gasteiger partial charge in [-0.2, -0.15) is 52.7 Å². The van der Waals surface area contributed by atoms with Gasteiger partial charge in [0.15, 0.2) is 0 Å². The molecule has 0 fully saturated rings. The Morgan fingerprint density at radius 2 is 1.05 bits per heavy atom. The van der Waals surface area contributed by atoms with E-state index < -0.39 is 49.0 Å². The van der Waals surface area contributed by atoms with Crippen LogP contribution in [0.25, 0.3) is 0 Å². The Morgan fingerprint density at radius 3 is 1.27 bits per heavy atom. The minimum absolute atomic E-state index is 0.910. The molecule has 0 atom stereocenters. The molecule has 0 bridgehead atoms. The third-order valence-corrected chi connectivity index (χ3v) is 2.20. The van der Waals surface area contributed by atoms with E-state index in [1.807, 2.05) is 0 Å². The van der Waals surface area contributed by atoms with Crippen LogP contribution in [0.15, 0.2) is 4.99 Å². The van der Waals surface area contributed by atoms with Crippen molar-refractivity contribution < 1.29 is 57.8 Å². The SMILES string of the molecule is OC(CC=NC(C(F)(F)F)C(F)(F)F)(C(F)(F)F)C(F)(F)F. The van der Waals surface area contributed by atoms with E-state index >= 15 is 0 Å². The van der Waals surface area contributed by atoms with Gasteiger partial charge in [0, 0.05) is 12.6 Å². The molecule has 0 aliphatic rings. The smallest absolute Gasteiger partial charge is 0.373 e. The van der Waals surface area contributed by atoms with Gasteiger partial charge in [-0.25, -0.2) is 0 Å². The van der Waals surface area contributed by atoms with Crippen LogP contribution in [0.5, 0.6) is 0 Å². The number of alkyl halides is 12. The minimum Gasteiger partial charge on any atom is -0.373 e. The van der Waals surface area contributed by atoms with Crippen molar-refractivity contribution in [2.24, 2.45) is 4.99 Å². The average Bonchev–Trinajstić information content (AvgIpc) is 2.16. The quantitative estimate of drug-likeness (QED) is 0.604. The second kappa shape index (κ2) is 5.77. The Kier molecular flexibility index (Phi) is 5.46. The molecule has 0 aromatic carbocycles. The maximum atomic E-state index is 12.1. The van der Waals surface area contributed by atoms with Crippen LogP contribution in [-0.4, -0.2) is 47.7 Å². The van der Waals surface area contributed by atoms with E-state index in [4.69, 9.17) is 5.11 Å². The van der Waals surface area contributed by atoms with Crippen molar-refractivity contribution in [2.45, 2.75) is 42.8 Å². The molecule has 0 spiro atoms. The predicted octanol–water partition coefficient (Wildman–Crippen LogP) is 3.80. The highest BCUT2D eigenvalue weighted by molar-refractivity contribution is 5.60. The first-order chi connectivity index (χ1) is 9.34. The van der Waals surface area contributed by atoms with Crippen LogP contribution in [0.2, 0.25) is 0 Å². The summed E-state index contributed by atoms with van der Waals surface area (Å²) < 4.78 is 144. The van der Waals surface area contributed by atoms with E-state index in [-0.39, 0.29) is 0 Å². The second-order valence-corrected chi connectivity index (χ2v) is 3.88. The lowest BCUT2D eigenvalue weighted by atomic mass is 9.99. The van der Waals surface area contributed by atoms with Crippen molar-refractivity contribution >= 4 is 6.21 Å². The van der Waals surface area contributed by atoms with Gasteiger partial charge in [-0.1, -0.05) is 0 Å². The molecule has 0 aromatic rings. The Labute approximate surface area is 113 Å². The van der Waals surface area contributed by atoms with Crippen LogP contribution < -0.4 is 0 Å². The van der Waals surface area contributed by atoms with Gasteiger partial charge in [0.25, 0.3) is 5.60 Å². The van der Waals surface area contributed by atoms with Gasteiger partial charge in [-0.3, -0.25) is 4.99 Å². The predicted molar refractivity (Wildman–Crippen MR) is 46.1 cm³/mol. The average molecular weight is 359 g/mol. The molecule has 0 aliphatic carbocycles. The van der Waals surface area contributed by atoms with Gasteiger partial charge in [-0.15, -0.1) is 0 Å². The number of aliphatic imine (C=N–C) groups is 1. The first-order valence-corrected chi connectivity index (χ1v) is 4.85. The second-order valence-electron chi connectivity index (χ2n) is 3.88. The molecule has 0 aliphatic heterocycles. The number of halogens is 12. The molecule has 22 heavy (non-hydrogen) atoms. The van der Waals surface area contributed by atoms with Gasteiger partial charge >= 0.3 is 24.7 Å². The largest absolute Gasteiger partial charge is 0.426 e. The number of hydrogen-bond acceptors (Lipinski definition) is 2. The van der Waals surface area contributed by atoms with Crippen molar-refractivity contribution in [2.75, 3.05) is 0 Å². The maximum absolute atomic E-state index is 12.1. The molecule has 0 saturated carbocycles. The fourth-order valence-electron chi connectivity index (χ4n) is 1.04. The Morgan fingerprint density at radius 1 is 0.727 bits per heavy atom. The van der Waals surface area contributed by atoms with Gasteiger partial charge in [0.05, 0.1) is 0 Å². The van der Waals surface area contributed by atoms with E-state index in [0.717, 1.165) is 0 Å². The number of rotatable bonds is 3. The van der Waals surface area contributed by atoms with E-state index in [1.165, 1.54) is 0 Å². The van der Waals surface area contributed by atoms with E-state index in [1.54, 1.807) is 4.99 Å². The molecule has 2 nitrogen and oxygen atoms in total. The van der Waals surface area contributed by atoms with Crippen molar-refractivity contribution in [1.29, 1.82) is 0 Å². The maximum Gasteiger partial charge on any atom is 0.426 e. The Balaban J connectivity index is 5.47. The normalized spacial score (nSPS) is 15.9. The van der Waals surface area contributed by atoms with Crippen molar-refractivity contribution in [3.8, 4) is 0 Å². The minimum atomic E-state index is -6.39. The highest BCUT2D eigenvalue weighted by atomic mass is 19.4. The highest BCUT2D eigenvalue weighted by Crippen LogP contribution is 2.45. The zero-order valence-corrected chi connectivity index (χ0v) is 9.79. The van der Waals surface area contributed by atoms with Crippen molar-refractivity contribution in [3.05, 3.63) is 0 Å². The molecule has 14 heteroatoms. The van der Waals surface area contributed by atoms with Crippen LogP contribution in [0, 0.1) is 0 Å². The van der Waals surface area contributed by atoms with E-state index in [2.05, 4.69) is 0 Å². The third-order valence-electron chi connectivity index (χ3n) is 2.20. The lowest BCUT2D eigenvalue weighted by molar-refractivity contribution is -0.364. The summed E-state index contributed by atoms with van der Waals surface area (Å²) in [6.45, 7) is 0. The first kappa shape index (κ1) is 20.8. The van der Waals surface area contributed by atoms with Gasteiger partial charge < -0.3 is 5.11 Å². The van der Waals surface area contributed by atoms with Gasteiger partial charge in [0.2, 0.25) is 6.04 Å². The molecule has 0 aromatic heterocycles. The molecule has 0 heterocycles. The number of hydrogen-bond donors (Lipinski definition) is 1. The van der Waals surface area contributed by atoms with Crippen LogP contribution >= 0.6 is 0 Å². The lowest BCUT2D eigenvalue weighted by Gasteiger charge is -2.31. The Bertz CT molecular complexity index is 371. The molecule has 0 radical (unpaired) electrons. The molecular formula is C8H5F12NO. The summed E-state index contributed by atoms with van der Waals surface area (Å²) in [5, 5.41) is 8.50. The summed E-state index contributed by atoms with van der Waals surface area (Å²) in [7, 11) is 0. The van der Waals surface area contributed by atoms with Crippen molar-refractivity contribution in [3.63, 3.8) is 0 Å². The van der Waals surface area contributed by atoms with Crippen LogP contribution in [0.4, 0.5) is 52.7 Å². The fourth-order valence-corrected chi connectivity index (χ4v) is 1.04. The molecule has 0 unspecified atom stereocenters. The van der Waals surface area contributed by atoms with Crippen LogP contribution in [-0.2, 0) is 0 Å². The summed E-state index contributed by atoms with van der Waals surface area (Å²) in [5.74, 6) is 0. The zero-order valence-electron chi connectivity index (χ0n) is 9.79. The van der Waals surface area contributed by atoms with Gasteiger partial charge in [-0.05, 0) is 0 Å². The molecule has 0 saturated heterocycles. The molecule has 1 N–H and O–H groups in total. The molecule has 132 valence electrons. The summed E-state index contributed by atoms with van der Waals surface area (Å²) in [6.07, 6.45) is -28.5. The summed E-state index contributed by atoms with van der Waals surface area (Å²) in [4.78, 5) is 1.64. The standard InChI is InChI=1S/C8H5F12NO/c9-5(10,11)3(6(12,13)14)21-2-1-4(22,7(15,16)17)8(18,19)20/h2-3,22H,1H2. The topological polar surface area (TPSA) is 32.6 Å². The monoisotopic (exact) mass is 359 g/mol. The van der Waals surface area contributed by atoms with Crippen molar-refractivity contribution in [1.82, 2.24) is 0 Å². The third kappa shape index (κ3) is 4.64. The fraction of sp³-hybridized carbons (Fsp3) is 0.875. The van der Waals surface area contributed by atoms with E-state index in [9.17, 15) is 52.7 Å².